The highest BCUT2D eigenvalue weighted by atomic mass is 15.3. The first-order valence-electron chi connectivity index (χ1n) is 9.06. The first-order valence-corrected chi connectivity index (χ1v) is 9.06. The van der Waals surface area contributed by atoms with Crippen LogP contribution in [0, 0.1) is 6.92 Å². The Morgan fingerprint density at radius 2 is 1.71 bits per heavy atom. The molecule has 3 nitrogen and oxygen atoms in total. The van der Waals surface area contributed by atoms with E-state index in [1.165, 1.54) is 22.4 Å². The van der Waals surface area contributed by atoms with Crippen molar-refractivity contribution < 1.29 is 0 Å². The van der Waals surface area contributed by atoms with E-state index in [0.717, 1.165) is 32.6 Å². The third-order valence-corrected chi connectivity index (χ3v) is 5.12. The number of hydrogen-bond donors (Lipinski definition) is 1. The maximum absolute atomic E-state index is 6.12. The quantitative estimate of drug-likeness (QED) is 0.915. The van der Waals surface area contributed by atoms with Crippen molar-refractivity contribution in [2.45, 2.75) is 26.3 Å². The van der Waals surface area contributed by atoms with Gasteiger partial charge in [0.1, 0.15) is 0 Å². The van der Waals surface area contributed by atoms with Gasteiger partial charge in [0.15, 0.2) is 0 Å². The molecule has 0 aromatic heterocycles. The fourth-order valence-corrected chi connectivity index (χ4v) is 3.59. The molecule has 3 heteroatoms. The molecule has 0 amide bonds. The SMILES string of the molecule is CCc1ccc(C(CN)N2CCN(c3cccc(C)c3)CC2)cc1. The van der Waals surface area contributed by atoms with E-state index in [9.17, 15) is 0 Å². The van der Waals surface area contributed by atoms with Gasteiger partial charge in [0.2, 0.25) is 0 Å². The zero-order valence-electron chi connectivity index (χ0n) is 14.9. The smallest absolute Gasteiger partial charge is 0.0471 e. The molecule has 2 aromatic rings. The van der Waals surface area contributed by atoms with Gasteiger partial charge in [-0.25, -0.2) is 0 Å². The van der Waals surface area contributed by atoms with Gasteiger partial charge < -0.3 is 10.6 Å². The van der Waals surface area contributed by atoms with E-state index in [1.807, 2.05) is 0 Å². The van der Waals surface area contributed by atoms with Gasteiger partial charge in [-0.1, -0.05) is 43.3 Å². The average Bonchev–Trinajstić information content (AvgIpc) is 2.63. The fourth-order valence-electron chi connectivity index (χ4n) is 3.59. The number of nitrogens with zero attached hydrogens (tertiary/aromatic N) is 2. The van der Waals surface area contributed by atoms with Gasteiger partial charge >= 0.3 is 0 Å². The Kier molecular flexibility index (Phi) is 5.54. The van der Waals surface area contributed by atoms with Crippen molar-refractivity contribution in [3.8, 4) is 0 Å². The molecule has 3 rings (SSSR count). The van der Waals surface area contributed by atoms with Crippen molar-refractivity contribution in [3.63, 3.8) is 0 Å². The van der Waals surface area contributed by atoms with Crippen molar-refractivity contribution in [3.05, 3.63) is 65.2 Å². The van der Waals surface area contributed by atoms with Crippen LogP contribution in [0.1, 0.15) is 29.7 Å². The summed E-state index contributed by atoms with van der Waals surface area (Å²) in [6.45, 7) is 9.27. The molecular formula is C21H29N3. The van der Waals surface area contributed by atoms with Gasteiger partial charge in [0.25, 0.3) is 0 Å². The van der Waals surface area contributed by atoms with Gasteiger partial charge in [0, 0.05) is 44.5 Å². The summed E-state index contributed by atoms with van der Waals surface area (Å²) in [5.41, 5.74) is 11.5. The van der Waals surface area contributed by atoms with Gasteiger partial charge in [0.05, 0.1) is 0 Å². The molecule has 128 valence electrons. The summed E-state index contributed by atoms with van der Waals surface area (Å²) in [4.78, 5) is 5.02. The molecule has 0 bridgehead atoms. The molecule has 2 aromatic carbocycles. The number of anilines is 1. The molecule has 0 spiro atoms. The molecule has 2 N–H and O–H groups in total. The Hall–Kier alpha value is -1.84. The van der Waals surface area contributed by atoms with E-state index >= 15 is 0 Å². The lowest BCUT2D eigenvalue weighted by Gasteiger charge is -2.40. The summed E-state index contributed by atoms with van der Waals surface area (Å²) in [5.74, 6) is 0. The van der Waals surface area contributed by atoms with Gasteiger partial charge in [-0.05, 0) is 42.2 Å². The molecule has 1 aliphatic rings. The van der Waals surface area contributed by atoms with Crippen molar-refractivity contribution in [1.29, 1.82) is 0 Å². The maximum atomic E-state index is 6.12. The number of aryl methyl sites for hydroxylation is 2. The molecule has 1 unspecified atom stereocenters. The summed E-state index contributed by atoms with van der Waals surface area (Å²) in [6, 6.07) is 18.1. The second-order valence-corrected chi connectivity index (χ2v) is 6.71. The molecule has 0 radical (unpaired) electrons. The first-order chi connectivity index (χ1) is 11.7. The van der Waals surface area contributed by atoms with Gasteiger partial charge in [-0.2, -0.15) is 0 Å². The molecule has 1 saturated heterocycles. The molecule has 0 saturated carbocycles. The Balaban J connectivity index is 1.65. The van der Waals surface area contributed by atoms with E-state index in [1.54, 1.807) is 0 Å². The van der Waals surface area contributed by atoms with Gasteiger partial charge in [-0.3, -0.25) is 4.90 Å². The molecule has 1 heterocycles. The minimum absolute atomic E-state index is 0.329. The highest BCUT2D eigenvalue weighted by Crippen LogP contribution is 2.24. The van der Waals surface area contributed by atoms with E-state index in [2.05, 4.69) is 72.2 Å². The third kappa shape index (κ3) is 3.80. The summed E-state index contributed by atoms with van der Waals surface area (Å²) in [5, 5.41) is 0. The van der Waals surface area contributed by atoms with Crippen LogP contribution in [0.4, 0.5) is 5.69 Å². The van der Waals surface area contributed by atoms with Crippen LogP contribution < -0.4 is 10.6 Å². The lowest BCUT2D eigenvalue weighted by Crippen LogP contribution is -2.49. The summed E-state index contributed by atoms with van der Waals surface area (Å²) in [7, 11) is 0. The Labute approximate surface area is 146 Å². The zero-order chi connectivity index (χ0) is 16.9. The van der Waals surface area contributed by atoms with Crippen LogP contribution in [0.5, 0.6) is 0 Å². The number of piperazine rings is 1. The monoisotopic (exact) mass is 323 g/mol. The highest BCUT2D eigenvalue weighted by molar-refractivity contribution is 5.48. The second kappa shape index (κ2) is 7.82. The van der Waals surface area contributed by atoms with Crippen LogP contribution in [-0.4, -0.2) is 37.6 Å². The van der Waals surface area contributed by atoms with Gasteiger partial charge in [-0.15, -0.1) is 0 Å². The number of nitrogens with two attached hydrogens (primary N) is 1. The average molecular weight is 323 g/mol. The van der Waals surface area contributed by atoms with E-state index < -0.39 is 0 Å². The van der Waals surface area contributed by atoms with E-state index in [4.69, 9.17) is 5.73 Å². The van der Waals surface area contributed by atoms with Crippen molar-refractivity contribution in [2.24, 2.45) is 5.73 Å². The third-order valence-electron chi connectivity index (χ3n) is 5.12. The van der Waals surface area contributed by atoms with Crippen LogP contribution >= 0.6 is 0 Å². The molecule has 0 aliphatic carbocycles. The second-order valence-electron chi connectivity index (χ2n) is 6.71. The van der Waals surface area contributed by atoms with Crippen LogP contribution in [0.2, 0.25) is 0 Å². The number of hydrogen-bond acceptors (Lipinski definition) is 3. The van der Waals surface area contributed by atoms with Crippen molar-refractivity contribution >= 4 is 5.69 Å². The predicted molar refractivity (Wildman–Crippen MR) is 103 cm³/mol. The van der Waals surface area contributed by atoms with Crippen molar-refractivity contribution in [2.75, 3.05) is 37.6 Å². The van der Waals surface area contributed by atoms with Crippen LogP contribution in [-0.2, 0) is 6.42 Å². The lowest BCUT2D eigenvalue weighted by molar-refractivity contribution is 0.190. The minimum Gasteiger partial charge on any atom is -0.369 e. The molecular weight excluding hydrogens is 294 g/mol. The molecule has 1 aliphatic heterocycles. The minimum atomic E-state index is 0.329. The number of benzene rings is 2. The predicted octanol–water partition coefficient (Wildman–Crippen LogP) is 3.38. The van der Waals surface area contributed by atoms with Crippen LogP contribution in [0.15, 0.2) is 48.5 Å². The standard InChI is InChI=1S/C21H29N3/c1-3-18-7-9-19(10-8-18)21(16-22)24-13-11-23(12-14-24)20-6-4-5-17(2)15-20/h4-10,15,21H,3,11-14,16,22H2,1-2H3. The number of rotatable bonds is 5. The zero-order valence-corrected chi connectivity index (χ0v) is 14.9. The molecule has 1 fully saturated rings. The summed E-state index contributed by atoms with van der Waals surface area (Å²) in [6.07, 6.45) is 1.09. The topological polar surface area (TPSA) is 32.5 Å². The maximum Gasteiger partial charge on any atom is 0.0471 e. The molecule has 24 heavy (non-hydrogen) atoms. The lowest BCUT2D eigenvalue weighted by atomic mass is 10.0. The fraction of sp³-hybridized carbons (Fsp3) is 0.429. The highest BCUT2D eigenvalue weighted by Gasteiger charge is 2.24. The van der Waals surface area contributed by atoms with Crippen molar-refractivity contribution in [1.82, 2.24) is 4.90 Å². The first kappa shape index (κ1) is 17.0. The Morgan fingerprint density at radius 1 is 1.00 bits per heavy atom. The van der Waals surface area contributed by atoms with Crippen LogP contribution in [0.25, 0.3) is 0 Å². The molecule has 1 atom stereocenters. The Bertz CT molecular complexity index is 642. The van der Waals surface area contributed by atoms with Crippen LogP contribution in [0.3, 0.4) is 0 Å². The Morgan fingerprint density at radius 3 is 2.29 bits per heavy atom. The summed E-state index contributed by atoms with van der Waals surface area (Å²) < 4.78 is 0. The van der Waals surface area contributed by atoms with E-state index in [0.29, 0.717) is 12.6 Å². The van der Waals surface area contributed by atoms with E-state index in [-0.39, 0.29) is 0 Å². The largest absolute Gasteiger partial charge is 0.369 e. The summed E-state index contributed by atoms with van der Waals surface area (Å²) >= 11 is 0. The normalized spacial score (nSPS) is 17.0.